The van der Waals surface area contributed by atoms with Crippen LogP contribution in [0.5, 0.6) is 0 Å². The number of aliphatic hydroxyl groups excluding tert-OH is 1. The van der Waals surface area contributed by atoms with Crippen LogP contribution >= 0.6 is 0 Å². The first-order chi connectivity index (χ1) is 4.00. The largest absolute Gasteiger partial charge is 0.784 e. The van der Waals surface area contributed by atoms with Gasteiger partial charge in [-0.05, 0) is 14.0 Å². The smallest absolute Gasteiger partial charge is 0.0563 e. The molecule has 4 nitrogen and oxygen atoms in total. The van der Waals surface area contributed by atoms with Crippen molar-refractivity contribution in [2.75, 3.05) is 13.7 Å². The van der Waals surface area contributed by atoms with E-state index < -0.39 is 5.66 Å². The van der Waals surface area contributed by atoms with Crippen LogP contribution in [0.2, 0.25) is 0 Å². The van der Waals surface area contributed by atoms with Gasteiger partial charge in [-0.1, -0.05) is 0 Å². The molecule has 0 aliphatic carbocycles. The number of rotatable bonds is 3. The maximum absolute atomic E-state index is 10.5. The standard InChI is InChI=1S/C5H13N2O2/c1-5(6,3-4-8)7(2)9/h8H,3-4,6H2,1-2H3/q-1. The van der Waals surface area contributed by atoms with Gasteiger partial charge in [0.05, 0.1) is 5.66 Å². The van der Waals surface area contributed by atoms with Crippen LogP contribution in [0.15, 0.2) is 0 Å². The Balaban J connectivity index is 3.70. The van der Waals surface area contributed by atoms with Gasteiger partial charge < -0.3 is 21.1 Å². The molecular formula is C5H13N2O2-. The number of hydrogen-bond donors (Lipinski definition) is 2. The molecule has 0 bridgehead atoms. The van der Waals surface area contributed by atoms with Crippen molar-refractivity contribution >= 4 is 0 Å². The zero-order chi connectivity index (χ0) is 7.49. The Morgan fingerprint density at radius 2 is 2.22 bits per heavy atom. The van der Waals surface area contributed by atoms with Crippen LogP contribution in [0.3, 0.4) is 0 Å². The summed E-state index contributed by atoms with van der Waals surface area (Å²) >= 11 is 0. The minimum atomic E-state index is -0.922. The van der Waals surface area contributed by atoms with Crippen LogP contribution < -0.4 is 5.73 Å². The van der Waals surface area contributed by atoms with Crippen molar-refractivity contribution in [2.24, 2.45) is 5.73 Å². The molecule has 56 valence electrons. The fourth-order valence-electron chi connectivity index (χ4n) is 0.384. The summed E-state index contributed by atoms with van der Waals surface area (Å²) in [7, 11) is 1.34. The van der Waals surface area contributed by atoms with E-state index in [0.29, 0.717) is 11.5 Å². The van der Waals surface area contributed by atoms with Gasteiger partial charge in [0, 0.05) is 13.0 Å². The minimum Gasteiger partial charge on any atom is -0.784 e. The van der Waals surface area contributed by atoms with Crippen molar-refractivity contribution in [1.82, 2.24) is 5.06 Å². The van der Waals surface area contributed by atoms with E-state index in [4.69, 9.17) is 10.8 Å². The van der Waals surface area contributed by atoms with Crippen molar-refractivity contribution in [2.45, 2.75) is 19.0 Å². The number of hydroxylamine groups is 2. The molecule has 0 spiro atoms. The molecule has 0 aromatic carbocycles. The predicted molar refractivity (Wildman–Crippen MR) is 35.4 cm³/mol. The highest BCUT2D eigenvalue weighted by atomic mass is 16.5. The summed E-state index contributed by atoms with van der Waals surface area (Å²) in [5.74, 6) is 0. The van der Waals surface area contributed by atoms with E-state index in [9.17, 15) is 5.21 Å². The molecule has 0 aliphatic heterocycles. The van der Waals surface area contributed by atoms with Gasteiger partial charge in [-0.15, -0.1) is 0 Å². The first kappa shape index (κ1) is 8.84. The summed E-state index contributed by atoms with van der Waals surface area (Å²) in [4.78, 5) is 0. The Hall–Kier alpha value is -0.160. The highest BCUT2D eigenvalue weighted by molar-refractivity contribution is 4.76. The van der Waals surface area contributed by atoms with Gasteiger partial charge in [0.1, 0.15) is 0 Å². The van der Waals surface area contributed by atoms with E-state index in [1.807, 2.05) is 0 Å². The molecule has 0 heterocycles. The second-order valence-electron chi connectivity index (χ2n) is 2.33. The van der Waals surface area contributed by atoms with E-state index in [2.05, 4.69) is 0 Å². The number of nitrogens with two attached hydrogens (primary N) is 1. The molecule has 9 heavy (non-hydrogen) atoms. The van der Waals surface area contributed by atoms with Gasteiger partial charge in [0.25, 0.3) is 0 Å². The molecule has 0 fully saturated rings. The van der Waals surface area contributed by atoms with Crippen LogP contribution in [0.1, 0.15) is 13.3 Å². The maximum Gasteiger partial charge on any atom is 0.0563 e. The SMILES string of the molecule is CN([O-])C(C)(N)CCO. The molecule has 0 saturated heterocycles. The zero-order valence-electron chi connectivity index (χ0n) is 5.79. The van der Waals surface area contributed by atoms with E-state index in [0.717, 1.165) is 0 Å². The van der Waals surface area contributed by atoms with Gasteiger partial charge in [-0.25, -0.2) is 0 Å². The second kappa shape index (κ2) is 3.12. The molecule has 0 amide bonds. The Labute approximate surface area is 54.8 Å². The van der Waals surface area contributed by atoms with Crippen molar-refractivity contribution < 1.29 is 5.11 Å². The summed E-state index contributed by atoms with van der Waals surface area (Å²) in [5, 5.41) is 19.6. The van der Waals surface area contributed by atoms with E-state index in [1.165, 1.54) is 7.05 Å². The third-order valence-electron chi connectivity index (χ3n) is 1.34. The molecule has 0 aromatic rings. The molecule has 0 aliphatic rings. The van der Waals surface area contributed by atoms with Crippen molar-refractivity contribution in [3.63, 3.8) is 0 Å². The van der Waals surface area contributed by atoms with E-state index in [1.54, 1.807) is 6.92 Å². The molecule has 1 unspecified atom stereocenters. The third kappa shape index (κ3) is 2.76. The molecule has 0 aromatic heterocycles. The summed E-state index contributed by atoms with van der Waals surface area (Å²) in [5.41, 5.74) is 4.50. The van der Waals surface area contributed by atoms with Crippen molar-refractivity contribution in [3.8, 4) is 0 Å². The molecule has 1 atom stereocenters. The Bertz CT molecular complexity index is 83.0. The fourth-order valence-corrected chi connectivity index (χ4v) is 0.384. The van der Waals surface area contributed by atoms with Crippen LogP contribution in [-0.2, 0) is 0 Å². The van der Waals surface area contributed by atoms with Gasteiger partial charge in [-0.2, -0.15) is 0 Å². The van der Waals surface area contributed by atoms with Gasteiger partial charge in [-0.3, -0.25) is 0 Å². The van der Waals surface area contributed by atoms with Crippen LogP contribution in [-0.4, -0.2) is 29.5 Å². The fraction of sp³-hybridized carbons (Fsp3) is 1.00. The summed E-state index contributed by atoms with van der Waals surface area (Å²) < 4.78 is 0. The topological polar surface area (TPSA) is 72.5 Å². The third-order valence-corrected chi connectivity index (χ3v) is 1.34. The lowest BCUT2D eigenvalue weighted by molar-refractivity contribution is 0.149. The first-order valence-electron chi connectivity index (χ1n) is 2.81. The average Bonchev–Trinajstić information content (AvgIpc) is 1.65. The van der Waals surface area contributed by atoms with Gasteiger partial charge >= 0.3 is 0 Å². The highest BCUT2D eigenvalue weighted by Gasteiger charge is 2.15. The minimum absolute atomic E-state index is 0.0560. The average molecular weight is 133 g/mol. The maximum atomic E-state index is 10.5. The Kier molecular flexibility index (Phi) is 3.07. The highest BCUT2D eigenvalue weighted by Crippen LogP contribution is 2.07. The molecule has 3 N–H and O–H groups in total. The van der Waals surface area contributed by atoms with Crippen molar-refractivity contribution in [3.05, 3.63) is 5.21 Å². The first-order valence-corrected chi connectivity index (χ1v) is 2.81. The monoisotopic (exact) mass is 133 g/mol. The molecule has 0 saturated carbocycles. The number of aliphatic hydroxyl groups is 1. The zero-order valence-corrected chi connectivity index (χ0v) is 5.79. The normalized spacial score (nSPS) is 18.0. The summed E-state index contributed by atoms with van der Waals surface area (Å²) in [6.45, 7) is 1.52. The van der Waals surface area contributed by atoms with E-state index in [-0.39, 0.29) is 6.61 Å². The molecular weight excluding hydrogens is 120 g/mol. The van der Waals surface area contributed by atoms with E-state index >= 15 is 0 Å². The van der Waals surface area contributed by atoms with Crippen molar-refractivity contribution in [1.29, 1.82) is 0 Å². The lowest BCUT2D eigenvalue weighted by Gasteiger charge is -2.39. The molecule has 4 heteroatoms. The van der Waals surface area contributed by atoms with Crippen LogP contribution in [0.4, 0.5) is 0 Å². The van der Waals surface area contributed by atoms with Crippen LogP contribution in [0, 0.1) is 5.21 Å². The lowest BCUT2D eigenvalue weighted by atomic mass is 10.1. The van der Waals surface area contributed by atoms with Gasteiger partial charge in [0.2, 0.25) is 0 Å². The second-order valence-corrected chi connectivity index (χ2v) is 2.33. The Morgan fingerprint density at radius 1 is 1.78 bits per heavy atom. The predicted octanol–water partition coefficient (Wildman–Crippen LogP) is -0.527. The summed E-state index contributed by atoms with van der Waals surface area (Å²) in [6.07, 6.45) is 0.299. The lowest BCUT2D eigenvalue weighted by Crippen LogP contribution is -2.49. The number of hydrogen-bond acceptors (Lipinski definition) is 4. The van der Waals surface area contributed by atoms with Gasteiger partial charge in [0.15, 0.2) is 0 Å². The Morgan fingerprint density at radius 3 is 2.33 bits per heavy atom. The molecule has 0 radical (unpaired) electrons. The molecule has 0 rings (SSSR count). The van der Waals surface area contributed by atoms with Crippen LogP contribution in [0.25, 0.3) is 0 Å². The quantitative estimate of drug-likeness (QED) is 0.401. The summed E-state index contributed by atoms with van der Waals surface area (Å²) in [6, 6.07) is 0. The number of nitrogens with zero attached hydrogens (tertiary/aromatic N) is 1.